The Morgan fingerprint density at radius 3 is 2.10 bits per heavy atom. The maximum Gasteiger partial charge on any atom is 0.511 e. The minimum absolute atomic E-state index is 0.101. The van der Waals surface area contributed by atoms with Crippen molar-refractivity contribution in [3.05, 3.63) is 105 Å². The molecule has 8 nitrogen and oxygen atoms in total. The van der Waals surface area contributed by atoms with Crippen molar-refractivity contribution >= 4 is 38.2 Å². The molecule has 0 saturated carbocycles. The van der Waals surface area contributed by atoms with Crippen molar-refractivity contribution in [2.75, 3.05) is 25.5 Å². The van der Waals surface area contributed by atoms with Crippen LogP contribution in [0.5, 0.6) is 5.75 Å². The van der Waals surface area contributed by atoms with Gasteiger partial charge in [-0.05, 0) is 65.9 Å². The van der Waals surface area contributed by atoms with Crippen LogP contribution < -0.4 is 15.6 Å². The number of aromatic nitrogens is 1. The van der Waals surface area contributed by atoms with Gasteiger partial charge in [0.1, 0.15) is 11.4 Å². The zero-order chi connectivity index (χ0) is 30.3. The maximum absolute atomic E-state index is 13.0. The normalized spacial score (nSPS) is 16.7. The number of alkyl halides is 3. The van der Waals surface area contributed by atoms with Gasteiger partial charge in [-0.25, -0.2) is 8.42 Å². The molecule has 0 amide bonds. The highest BCUT2D eigenvalue weighted by Gasteiger charge is 2.50. The molecule has 1 unspecified atom stereocenters. The number of aromatic amines is 1. The number of ether oxygens (including phenoxy) is 1. The molecule has 1 fully saturated rings. The zero-order valence-corrected chi connectivity index (χ0v) is 23.9. The van der Waals surface area contributed by atoms with Crippen molar-refractivity contribution < 1.29 is 31.4 Å². The van der Waals surface area contributed by atoms with E-state index in [1.54, 1.807) is 66.7 Å². The monoisotopic (exact) mass is 621 g/mol. The Kier molecular flexibility index (Phi) is 8.01. The molecule has 1 aliphatic heterocycles. The number of nitrogens with zero attached hydrogens (tertiary/aromatic N) is 1. The summed E-state index contributed by atoms with van der Waals surface area (Å²) in [5.41, 5.74) is -4.98. The van der Waals surface area contributed by atoms with E-state index in [-0.39, 0.29) is 25.9 Å². The first kappa shape index (κ1) is 29.9. The largest absolute Gasteiger partial charge is 0.511 e. The lowest BCUT2D eigenvalue weighted by Gasteiger charge is -2.33. The Labute approximate surface area is 244 Å². The van der Waals surface area contributed by atoms with E-state index < -0.39 is 32.7 Å². The number of aliphatic hydroxyl groups is 1. The van der Waals surface area contributed by atoms with Crippen LogP contribution in [-0.4, -0.2) is 54.6 Å². The highest BCUT2D eigenvalue weighted by atomic mass is 35.5. The molecule has 0 bridgehead atoms. The number of nitrogens with one attached hydrogen (secondary N) is 2. The van der Waals surface area contributed by atoms with E-state index in [2.05, 4.69) is 10.3 Å². The van der Waals surface area contributed by atoms with Gasteiger partial charge < -0.3 is 20.1 Å². The van der Waals surface area contributed by atoms with Crippen molar-refractivity contribution in [2.24, 2.45) is 0 Å². The van der Waals surface area contributed by atoms with Crippen LogP contribution in [0.2, 0.25) is 5.02 Å². The highest BCUT2D eigenvalue weighted by molar-refractivity contribution is 7.90. The second-order valence-electron chi connectivity index (χ2n) is 10.0. The van der Waals surface area contributed by atoms with Gasteiger partial charge in [-0.2, -0.15) is 17.5 Å². The molecule has 1 aromatic heterocycles. The fourth-order valence-corrected chi connectivity index (χ4v) is 6.34. The summed E-state index contributed by atoms with van der Waals surface area (Å²) in [4.78, 5) is 15.2. The number of fused-ring (bicyclic) bond motifs is 1. The van der Waals surface area contributed by atoms with E-state index in [1.165, 1.54) is 13.2 Å². The topological polar surface area (TPSA) is 112 Å². The summed E-state index contributed by atoms with van der Waals surface area (Å²) in [5.74, 6) is 0.605. The van der Waals surface area contributed by atoms with E-state index in [0.717, 1.165) is 0 Å². The maximum atomic E-state index is 13.0. The summed E-state index contributed by atoms with van der Waals surface area (Å²) < 4.78 is 68.3. The minimum atomic E-state index is -5.41. The summed E-state index contributed by atoms with van der Waals surface area (Å²) in [6.07, 6.45) is 0.202. The Morgan fingerprint density at radius 2 is 1.52 bits per heavy atom. The fourth-order valence-electron chi connectivity index (χ4n) is 5.23. The quantitative estimate of drug-likeness (QED) is 0.245. The summed E-state index contributed by atoms with van der Waals surface area (Å²) in [7, 11) is -3.87. The van der Waals surface area contributed by atoms with Gasteiger partial charge in [-0.15, -0.1) is 0 Å². The Bertz CT molecular complexity index is 1760. The van der Waals surface area contributed by atoms with Gasteiger partial charge in [0.15, 0.2) is 0 Å². The smallest absolute Gasteiger partial charge is 0.497 e. The first-order valence-corrected chi connectivity index (χ1v) is 14.8. The van der Waals surface area contributed by atoms with E-state index >= 15 is 0 Å². The molecule has 1 saturated heterocycles. The van der Waals surface area contributed by atoms with Crippen molar-refractivity contribution in [1.82, 2.24) is 9.29 Å². The molecule has 1 atom stereocenters. The van der Waals surface area contributed by atoms with Crippen molar-refractivity contribution in [1.29, 1.82) is 0 Å². The van der Waals surface area contributed by atoms with Gasteiger partial charge in [0, 0.05) is 41.3 Å². The number of H-pyrrole nitrogens is 1. The van der Waals surface area contributed by atoms with Crippen LogP contribution in [-0.2, 0) is 15.6 Å². The third kappa shape index (κ3) is 5.59. The van der Waals surface area contributed by atoms with Crippen LogP contribution in [0.4, 0.5) is 18.9 Å². The molecular weight excluding hydrogens is 595 g/mol. The Morgan fingerprint density at radius 1 is 0.952 bits per heavy atom. The van der Waals surface area contributed by atoms with E-state index in [0.29, 0.717) is 48.4 Å². The van der Waals surface area contributed by atoms with Gasteiger partial charge in [0.05, 0.1) is 12.6 Å². The molecule has 3 N–H and O–H groups in total. The highest BCUT2D eigenvalue weighted by Crippen LogP contribution is 2.40. The number of benzene rings is 3. The number of rotatable bonds is 7. The molecule has 13 heteroatoms. The van der Waals surface area contributed by atoms with Gasteiger partial charge >= 0.3 is 15.5 Å². The minimum Gasteiger partial charge on any atom is -0.497 e. The Balaban J connectivity index is 1.53. The molecule has 0 radical (unpaired) electrons. The molecule has 5 rings (SSSR count). The average Bonchev–Trinajstić information content (AvgIpc) is 2.96. The standard InChI is InChI=1S/C29H27ClF3N3O5S/c1-41-23-9-4-19(5-10-23)28(38,18-2-7-21(30)8-3-18)20-6-11-25-24(16-20)26(17-27(37)35-25)34-22-12-14-36(15-13-22)42(39,40)29(31,32)33/h2-11,16-17,22,38H,12-15H2,1H3,(H2,34,35,37). The Hall–Kier alpha value is -3.58. The molecule has 0 aliphatic carbocycles. The number of sulfonamides is 1. The molecule has 42 heavy (non-hydrogen) atoms. The van der Waals surface area contributed by atoms with E-state index in [1.807, 2.05) is 0 Å². The SMILES string of the molecule is COc1ccc(C(O)(c2ccc(Cl)cc2)c2ccc3[nH]c(=O)cc(NC4CCN(S(=O)(=O)C(F)(F)F)CC4)c3c2)cc1. The second kappa shape index (κ2) is 11.3. The molecule has 0 spiro atoms. The number of piperidine rings is 1. The summed E-state index contributed by atoms with van der Waals surface area (Å²) >= 11 is 6.12. The van der Waals surface area contributed by atoms with Crippen LogP contribution in [0.3, 0.4) is 0 Å². The fraction of sp³-hybridized carbons (Fsp3) is 0.276. The number of anilines is 1. The van der Waals surface area contributed by atoms with Crippen LogP contribution in [0.25, 0.3) is 10.9 Å². The lowest BCUT2D eigenvalue weighted by atomic mass is 9.80. The summed E-state index contributed by atoms with van der Waals surface area (Å²) in [6.45, 7) is -0.640. The first-order chi connectivity index (χ1) is 19.8. The van der Waals surface area contributed by atoms with Gasteiger partial charge in [-0.1, -0.05) is 41.9 Å². The lowest BCUT2D eigenvalue weighted by molar-refractivity contribution is -0.0494. The second-order valence-corrected chi connectivity index (χ2v) is 12.4. The van der Waals surface area contributed by atoms with Crippen molar-refractivity contribution in [3.63, 3.8) is 0 Å². The molecule has 2 heterocycles. The van der Waals surface area contributed by atoms with Crippen molar-refractivity contribution in [3.8, 4) is 5.75 Å². The number of halogens is 4. The number of methoxy groups -OCH3 is 1. The van der Waals surface area contributed by atoms with Gasteiger partial charge in [-0.3, -0.25) is 4.79 Å². The number of pyridine rings is 1. The number of hydrogen-bond donors (Lipinski definition) is 3. The van der Waals surface area contributed by atoms with Crippen LogP contribution >= 0.6 is 11.6 Å². The van der Waals surface area contributed by atoms with Crippen LogP contribution in [0.15, 0.2) is 77.6 Å². The van der Waals surface area contributed by atoms with Gasteiger partial charge in [0.2, 0.25) is 5.56 Å². The summed E-state index contributed by atoms with van der Waals surface area (Å²) in [6, 6.07) is 19.7. The van der Waals surface area contributed by atoms with E-state index in [9.17, 15) is 31.5 Å². The first-order valence-electron chi connectivity index (χ1n) is 13.0. The molecule has 1 aliphatic rings. The molecular formula is C29H27ClF3N3O5S. The average molecular weight is 622 g/mol. The molecule has 4 aromatic rings. The van der Waals surface area contributed by atoms with Crippen LogP contribution in [0.1, 0.15) is 29.5 Å². The van der Waals surface area contributed by atoms with Crippen molar-refractivity contribution in [2.45, 2.75) is 30.0 Å². The van der Waals surface area contributed by atoms with Gasteiger partial charge in [0.25, 0.3) is 0 Å². The third-order valence-electron chi connectivity index (χ3n) is 7.48. The number of hydrogen-bond acceptors (Lipinski definition) is 6. The lowest BCUT2D eigenvalue weighted by Crippen LogP contribution is -2.47. The van der Waals surface area contributed by atoms with Crippen LogP contribution in [0, 0.1) is 0 Å². The summed E-state index contributed by atoms with van der Waals surface area (Å²) in [5, 5.41) is 16.6. The molecule has 3 aromatic carbocycles. The predicted octanol–water partition coefficient (Wildman–Crippen LogP) is 5.20. The van der Waals surface area contributed by atoms with E-state index in [4.69, 9.17) is 16.3 Å². The zero-order valence-electron chi connectivity index (χ0n) is 22.3. The third-order valence-corrected chi connectivity index (χ3v) is 9.36. The molecule has 222 valence electrons. The predicted molar refractivity (Wildman–Crippen MR) is 154 cm³/mol.